The third-order valence-electron chi connectivity index (χ3n) is 6.85. The normalized spacial score (nSPS) is 14.2. The van der Waals surface area contributed by atoms with Gasteiger partial charge in [-0.2, -0.15) is 0 Å². The van der Waals surface area contributed by atoms with Crippen LogP contribution in [-0.2, 0) is 5.41 Å². The maximum absolute atomic E-state index is 11.4. The molecule has 0 saturated carbocycles. The average Bonchev–Trinajstić information content (AvgIpc) is 2.83. The van der Waals surface area contributed by atoms with Crippen LogP contribution in [0.25, 0.3) is 21.5 Å². The zero-order valence-electron chi connectivity index (χ0n) is 18.2. The minimum atomic E-state index is -0.185. The number of nitrogens with zero attached hydrogens (tertiary/aromatic N) is 1. The first-order valence-corrected chi connectivity index (χ1v) is 11.0. The Kier molecular flexibility index (Phi) is 4.00. The minimum Gasteiger partial charge on any atom is -0.309 e. The molecule has 5 aromatic rings. The highest BCUT2D eigenvalue weighted by Crippen LogP contribution is 2.54. The summed E-state index contributed by atoms with van der Waals surface area (Å²) in [6.45, 7) is 4.61. The lowest BCUT2D eigenvalue weighted by atomic mass is 9.71. The molecule has 0 radical (unpaired) electrons. The summed E-state index contributed by atoms with van der Waals surface area (Å²) in [6.07, 6.45) is 0.918. The standard InChI is InChI=1S/C30H23NO/c1-30(2)25-11-5-6-12-27(25)31(26-13-7-9-21-8-3-4-10-23(21)26)28-17-15-22-18-20(19-32)14-16-24(22)29(28)30/h3-19H,1-2H3. The van der Waals surface area contributed by atoms with Gasteiger partial charge < -0.3 is 4.90 Å². The molecule has 32 heavy (non-hydrogen) atoms. The third-order valence-corrected chi connectivity index (χ3v) is 6.85. The number of para-hydroxylation sites is 1. The topological polar surface area (TPSA) is 20.3 Å². The molecule has 0 amide bonds. The fraction of sp³-hybridized carbons (Fsp3) is 0.100. The number of benzene rings is 5. The second-order valence-electron chi connectivity index (χ2n) is 9.03. The number of rotatable bonds is 2. The summed E-state index contributed by atoms with van der Waals surface area (Å²) in [4.78, 5) is 13.8. The fourth-order valence-corrected chi connectivity index (χ4v) is 5.38. The van der Waals surface area contributed by atoms with Crippen LogP contribution in [0.4, 0.5) is 17.1 Å². The lowest BCUT2D eigenvalue weighted by molar-refractivity contribution is 0.112. The van der Waals surface area contributed by atoms with Gasteiger partial charge in [0.05, 0.1) is 17.1 Å². The molecule has 0 aliphatic carbocycles. The molecule has 0 bridgehead atoms. The fourth-order valence-electron chi connectivity index (χ4n) is 5.38. The van der Waals surface area contributed by atoms with Gasteiger partial charge in [0.2, 0.25) is 0 Å². The van der Waals surface area contributed by atoms with Crippen molar-refractivity contribution >= 4 is 44.9 Å². The molecule has 1 aliphatic heterocycles. The van der Waals surface area contributed by atoms with E-state index in [4.69, 9.17) is 0 Å². The molecule has 2 heteroatoms. The van der Waals surface area contributed by atoms with E-state index in [0.717, 1.165) is 11.7 Å². The van der Waals surface area contributed by atoms with Crippen LogP contribution in [0.2, 0.25) is 0 Å². The van der Waals surface area contributed by atoms with Crippen LogP contribution in [0.1, 0.15) is 35.3 Å². The number of carbonyl (C=O) groups excluding carboxylic acids is 1. The quantitative estimate of drug-likeness (QED) is 0.274. The number of fused-ring (bicyclic) bond motifs is 5. The van der Waals surface area contributed by atoms with E-state index < -0.39 is 0 Å². The smallest absolute Gasteiger partial charge is 0.150 e. The molecule has 0 spiro atoms. The van der Waals surface area contributed by atoms with E-state index >= 15 is 0 Å². The van der Waals surface area contributed by atoms with Gasteiger partial charge >= 0.3 is 0 Å². The van der Waals surface area contributed by atoms with E-state index in [-0.39, 0.29) is 5.41 Å². The van der Waals surface area contributed by atoms with Crippen LogP contribution < -0.4 is 4.90 Å². The van der Waals surface area contributed by atoms with Crippen LogP contribution in [0.15, 0.2) is 97.1 Å². The first-order chi connectivity index (χ1) is 15.6. The summed E-state index contributed by atoms with van der Waals surface area (Å²) in [7, 11) is 0. The van der Waals surface area contributed by atoms with Crippen molar-refractivity contribution < 1.29 is 4.79 Å². The monoisotopic (exact) mass is 413 g/mol. The van der Waals surface area contributed by atoms with Gasteiger partial charge in [0.25, 0.3) is 0 Å². The summed E-state index contributed by atoms with van der Waals surface area (Å²) in [5, 5.41) is 4.74. The summed E-state index contributed by atoms with van der Waals surface area (Å²) in [6, 6.07) is 34.2. The van der Waals surface area contributed by atoms with Gasteiger partial charge in [0.15, 0.2) is 0 Å². The molecule has 0 saturated heterocycles. The molecule has 2 nitrogen and oxygen atoms in total. The second-order valence-corrected chi connectivity index (χ2v) is 9.03. The maximum Gasteiger partial charge on any atom is 0.150 e. The van der Waals surface area contributed by atoms with E-state index in [1.807, 2.05) is 12.1 Å². The van der Waals surface area contributed by atoms with Crippen molar-refractivity contribution in [3.63, 3.8) is 0 Å². The molecule has 154 valence electrons. The predicted molar refractivity (Wildman–Crippen MR) is 134 cm³/mol. The molecule has 0 aromatic heterocycles. The van der Waals surface area contributed by atoms with Gasteiger partial charge in [0.1, 0.15) is 6.29 Å². The Morgan fingerprint density at radius 2 is 1.41 bits per heavy atom. The van der Waals surface area contributed by atoms with Gasteiger partial charge in [-0.3, -0.25) is 4.79 Å². The lowest BCUT2D eigenvalue weighted by Crippen LogP contribution is -2.31. The number of hydrogen-bond acceptors (Lipinski definition) is 2. The Bertz CT molecular complexity index is 1520. The molecular formula is C30H23NO. The van der Waals surface area contributed by atoms with Crippen molar-refractivity contribution in [2.24, 2.45) is 0 Å². The number of hydrogen-bond donors (Lipinski definition) is 0. The average molecular weight is 414 g/mol. The number of carbonyl (C=O) groups is 1. The highest BCUT2D eigenvalue weighted by molar-refractivity contribution is 6.04. The Labute approximate surface area is 187 Å². The zero-order valence-corrected chi connectivity index (χ0v) is 18.2. The Morgan fingerprint density at radius 3 is 2.28 bits per heavy atom. The Balaban J connectivity index is 1.74. The van der Waals surface area contributed by atoms with Gasteiger partial charge in [-0.1, -0.05) is 86.6 Å². The van der Waals surface area contributed by atoms with Crippen LogP contribution in [0, 0.1) is 0 Å². The first kappa shape index (κ1) is 18.8. The Hall–Kier alpha value is -3.91. The second kappa shape index (κ2) is 6.80. The molecule has 0 unspecified atom stereocenters. The molecule has 0 atom stereocenters. The van der Waals surface area contributed by atoms with E-state index in [2.05, 4.69) is 104 Å². The van der Waals surface area contributed by atoms with Crippen molar-refractivity contribution in [3.05, 3.63) is 114 Å². The largest absolute Gasteiger partial charge is 0.309 e. The molecule has 1 aliphatic rings. The van der Waals surface area contributed by atoms with Crippen molar-refractivity contribution in [1.29, 1.82) is 0 Å². The van der Waals surface area contributed by atoms with Gasteiger partial charge in [-0.15, -0.1) is 0 Å². The highest BCUT2D eigenvalue weighted by Gasteiger charge is 2.38. The summed E-state index contributed by atoms with van der Waals surface area (Å²) < 4.78 is 0. The molecular weight excluding hydrogens is 390 g/mol. The summed E-state index contributed by atoms with van der Waals surface area (Å²) in [5.41, 5.74) is 6.69. The summed E-state index contributed by atoms with van der Waals surface area (Å²) >= 11 is 0. The zero-order chi connectivity index (χ0) is 21.9. The maximum atomic E-state index is 11.4. The van der Waals surface area contributed by atoms with Crippen molar-refractivity contribution in [2.75, 3.05) is 4.90 Å². The first-order valence-electron chi connectivity index (χ1n) is 11.0. The SMILES string of the molecule is CC1(C)c2ccccc2N(c2cccc3ccccc23)c2ccc3cc(C=O)ccc3c21. The van der Waals surface area contributed by atoms with Gasteiger partial charge in [0, 0.05) is 16.4 Å². The molecule has 1 heterocycles. The lowest BCUT2D eigenvalue weighted by Gasteiger charge is -2.43. The van der Waals surface area contributed by atoms with Crippen molar-refractivity contribution in [1.82, 2.24) is 0 Å². The third kappa shape index (κ3) is 2.56. The predicted octanol–water partition coefficient (Wildman–Crippen LogP) is 7.91. The van der Waals surface area contributed by atoms with Crippen LogP contribution in [0.5, 0.6) is 0 Å². The van der Waals surface area contributed by atoms with E-state index in [1.165, 1.54) is 44.3 Å². The number of aldehydes is 1. The minimum absolute atomic E-state index is 0.185. The summed E-state index contributed by atoms with van der Waals surface area (Å²) in [5.74, 6) is 0. The van der Waals surface area contributed by atoms with Crippen LogP contribution in [-0.4, -0.2) is 6.29 Å². The van der Waals surface area contributed by atoms with Crippen LogP contribution in [0.3, 0.4) is 0 Å². The molecule has 0 N–H and O–H groups in total. The highest BCUT2D eigenvalue weighted by atomic mass is 16.1. The van der Waals surface area contributed by atoms with E-state index in [1.54, 1.807) is 0 Å². The van der Waals surface area contributed by atoms with Crippen molar-refractivity contribution in [3.8, 4) is 0 Å². The number of anilines is 3. The molecule has 5 aromatic carbocycles. The van der Waals surface area contributed by atoms with Gasteiger partial charge in [-0.05, 0) is 51.6 Å². The van der Waals surface area contributed by atoms with Gasteiger partial charge in [-0.25, -0.2) is 0 Å². The van der Waals surface area contributed by atoms with E-state index in [9.17, 15) is 4.79 Å². The van der Waals surface area contributed by atoms with Crippen molar-refractivity contribution in [2.45, 2.75) is 19.3 Å². The Morgan fingerprint density at radius 1 is 0.656 bits per heavy atom. The van der Waals surface area contributed by atoms with E-state index in [0.29, 0.717) is 5.56 Å². The molecule has 0 fully saturated rings. The van der Waals surface area contributed by atoms with Crippen LogP contribution >= 0.6 is 0 Å². The molecule has 6 rings (SSSR count).